The molecule has 0 bridgehead atoms. The van der Waals surface area contributed by atoms with Gasteiger partial charge in [-0.2, -0.15) is 11.8 Å². The molecule has 5 nitrogen and oxygen atoms in total. The summed E-state index contributed by atoms with van der Waals surface area (Å²) in [7, 11) is 1.22. The molecule has 0 aromatic heterocycles. The Balaban J connectivity index is 3.01. The molecule has 0 aliphatic heterocycles. The Kier molecular flexibility index (Phi) is 6.58. The second kappa shape index (κ2) is 7.73. The number of carbonyl (C=O) groups excluding carboxylic acids is 4. The molecule has 0 heterocycles. The largest absolute Gasteiger partial charge is 0.468 e. The van der Waals surface area contributed by atoms with Crippen molar-refractivity contribution in [1.29, 1.82) is 0 Å². The van der Waals surface area contributed by atoms with Gasteiger partial charge in [0.2, 0.25) is 0 Å². The second-order valence-corrected chi connectivity index (χ2v) is 7.09. The van der Waals surface area contributed by atoms with Gasteiger partial charge in [-0.15, -0.1) is 0 Å². The van der Waals surface area contributed by atoms with Crippen LogP contribution in [0.2, 0.25) is 0 Å². The maximum absolute atomic E-state index is 12.4. The number of esters is 1. The first kappa shape index (κ1) is 17.9. The van der Waals surface area contributed by atoms with E-state index >= 15 is 0 Å². The fraction of sp³-hybridized carbons (Fsp3) is 0.733. The third kappa shape index (κ3) is 4.15. The molecule has 1 aliphatic carbocycles. The molecule has 0 radical (unpaired) electrons. The fourth-order valence-corrected chi connectivity index (χ4v) is 3.88. The van der Waals surface area contributed by atoms with Crippen LogP contribution in [0.3, 0.4) is 0 Å². The number of hydrogen-bond donors (Lipinski definition) is 0. The number of Topliss-reactive ketones (excluding diaryl/α,β-unsaturated/α-hetero) is 3. The van der Waals surface area contributed by atoms with Crippen LogP contribution in [-0.4, -0.2) is 41.4 Å². The molecule has 1 aliphatic rings. The van der Waals surface area contributed by atoms with Crippen molar-refractivity contribution in [3.05, 3.63) is 0 Å². The zero-order chi connectivity index (χ0) is 16.2. The molecule has 0 aromatic rings. The molecule has 4 atom stereocenters. The molecule has 1 saturated carbocycles. The van der Waals surface area contributed by atoms with Gasteiger partial charge in [0, 0.05) is 11.7 Å². The number of ketones is 3. The van der Waals surface area contributed by atoms with E-state index < -0.39 is 29.4 Å². The third-order valence-corrected chi connectivity index (χ3v) is 4.89. The summed E-state index contributed by atoms with van der Waals surface area (Å²) in [5.41, 5.74) is 0. The lowest BCUT2D eigenvalue weighted by molar-refractivity contribution is -0.157. The van der Waals surface area contributed by atoms with Crippen LogP contribution in [0.15, 0.2) is 0 Å². The first-order valence-electron chi connectivity index (χ1n) is 7.09. The summed E-state index contributed by atoms with van der Waals surface area (Å²) in [4.78, 5) is 47.9. The van der Waals surface area contributed by atoms with Crippen LogP contribution in [0.1, 0.15) is 33.6 Å². The summed E-state index contributed by atoms with van der Waals surface area (Å²) in [6.45, 7) is 5.25. The highest BCUT2D eigenvalue weighted by Crippen LogP contribution is 2.35. The van der Waals surface area contributed by atoms with Crippen LogP contribution in [-0.2, 0) is 23.9 Å². The Hall–Kier alpha value is -1.17. The number of thioether (sulfide) groups is 1. The van der Waals surface area contributed by atoms with E-state index in [0.717, 1.165) is 5.75 Å². The minimum Gasteiger partial charge on any atom is -0.468 e. The second-order valence-electron chi connectivity index (χ2n) is 5.38. The molecule has 0 amide bonds. The molecule has 6 heteroatoms. The number of ether oxygens (including phenoxy) is 1. The molecule has 0 spiro atoms. The molecule has 0 saturated heterocycles. The highest BCUT2D eigenvalue weighted by molar-refractivity contribution is 7.99. The first-order chi connectivity index (χ1) is 9.83. The Morgan fingerprint density at radius 3 is 2.48 bits per heavy atom. The number of rotatable bonds is 6. The summed E-state index contributed by atoms with van der Waals surface area (Å²) in [5, 5.41) is 0.238. The van der Waals surface area contributed by atoms with E-state index in [9.17, 15) is 19.2 Å². The average molecular weight is 314 g/mol. The van der Waals surface area contributed by atoms with Crippen molar-refractivity contribution in [2.45, 2.75) is 38.9 Å². The van der Waals surface area contributed by atoms with E-state index in [-0.39, 0.29) is 23.4 Å². The number of hydrogen-bond acceptors (Lipinski definition) is 6. The van der Waals surface area contributed by atoms with E-state index in [1.807, 2.05) is 13.8 Å². The minimum atomic E-state index is -1.29. The molecular weight excluding hydrogens is 292 g/mol. The lowest BCUT2D eigenvalue weighted by Crippen LogP contribution is -2.48. The monoisotopic (exact) mass is 314 g/mol. The molecule has 1 fully saturated rings. The molecular formula is C15H22O5S. The van der Waals surface area contributed by atoms with Gasteiger partial charge in [-0.1, -0.05) is 13.8 Å². The number of methoxy groups -OCH3 is 1. The standard InChI is InChI=1S/C15H22O5S/c1-5-21-8(2)6-10-7-11(17)12(9(3)16)14(18)13(10)15(19)20-4/h8,10,12-13H,5-7H2,1-4H3/t8-,10-,12+,13+/m1/s1. The van der Waals surface area contributed by atoms with Crippen molar-refractivity contribution in [2.75, 3.05) is 12.9 Å². The highest BCUT2D eigenvalue weighted by Gasteiger charge is 2.49. The first-order valence-corrected chi connectivity index (χ1v) is 8.14. The molecule has 1 rings (SSSR count). The van der Waals surface area contributed by atoms with Crippen molar-refractivity contribution in [3.8, 4) is 0 Å². The lowest BCUT2D eigenvalue weighted by Gasteiger charge is -2.32. The normalized spacial score (nSPS) is 27.3. The van der Waals surface area contributed by atoms with Crippen molar-refractivity contribution in [2.24, 2.45) is 17.8 Å². The third-order valence-electron chi connectivity index (χ3n) is 3.80. The van der Waals surface area contributed by atoms with Crippen molar-refractivity contribution >= 4 is 35.1 Å². The van der Waals surface area contributed by atoms with Crippen molar-refractivity contribution < 1.29 is 23.9 Å². The summed E-state index contributed by atoms with van der Waals surface area (Å²) in [6, 6.07) is 0. The average Bonchev–Trinajstić information content (AvgIpc) is 2.37. The quantitative estimate of drug-likeness (QED) is 0.548. The van der Waals surface area contributed by atoms with E-state index in [4.69, 9.17) is 4.74 Å². The topological polar surface area (TPSA) is 77.5 Å². The minimum absolute atomic E-state index is 0.0877. The van der Waals surface area contributed by atoms with Crippen LogP contribution in [0.5, 0.6) is 0 Å². The van der Waals surface area contributed by atoms with E-state index in [1.165, 1.54) is 14.0 Å². The zero-order valence-corrected chi connectivity index (χ0v) is 13.7. The smallest absolute Gasteiger partial charge is 0.316 e. The Morgan fingerprint density at radius 2 is 2.00 bits per heavy atom. The predicted octanol–water partition coefficient (Wildman–Crippen LogP) is 1.67. The van der Waals surface area contributed by atoms with Crippen molar-refractivity contribution in [1.82, 2.24) is 0 Å². The van der Waals surface area contributed by atoms with Gasteiger partial charge < -0.3 is 4.74 Å². The zero-order valence-electron chi connectivity index (χ0n) is 12.9. The lowest BCUT2D eigenvalue weighted by atomic mass is 9.69. The van der Waals surface area contributed by atoms with Gasteiger partial charge in [-0.3, -0.25) is 19.2 Å². The van der Waals surface area contributed by atoms with Gasteiger partial charge >= 0.3 is 5.97 Å². The van der Waals surface area contributed by atoms with Crippen LogP contribution in [0, 0.1) is 17.8 Å². The SMILES string of the molecule is CCS[C@H](C)C[C@@H]1CC(=O)[C@H](C(C)=O)C(=O)[C@H]1C(=O)OC. The van der Waals surface area contributed by atoms with Crippen LogP contribution in [0.25, 0.3) is 0 Å². The van der Waals surface area contributed by atoms with E-state index in [2.05, 4.69) is 0 Å². The van der Waals surface area contributed by atoms with Gasteiger partial charge in [0.05, 0.1) is 7.11 Å². The highest BCUT2D eigenvalue weighted by atomic mass is 32.2. The predicted molar refractivity (Wildman–Crippen MR) is 80.0 cm³/mol. The van der Waals surface area contributed by atoms with Crippen LogP contribution >= 0.6 is 11.8 Å². The van der Waals surface area contributed by atoms with Crippen molar-refractivity contribution in [3.63, 3.8) is 0 Å². The Bertz CT molecular complexity index is 445. The Labute approximate surface area is 129 Å². The van der Waals surface area contributed by atoms with E-state index in [0.29, 0.717) is 6.42 Å². The maximum atomic E-state index is 12.4. The summed E-state index contributed by atoms with van der Waals surface area (Å²) in [6.07, 6.45) is 0.671. The molecule has 0 unspecified atom stereocenters. The van der Waals surface area contributed by atoms with Gasteiger partial charge in [-0.05, 0) is 25.0 Å². The molecule has 0 N–H and O–H groups in total. The molecule has 118 valence electrons. The summed E-state index contributed by atoms with van der Waals surface area (Å²) in [5.74, 6) is -3.83. The molecule has 21 heavy (non-hydrogen) atoms. The molecule has 0 aromatic carbocycles. The van der Waals surface area contributed by atoms with Gasteiger partial charge in [-0.25, -0.2) is 0 Å². The van der Waals surface area contributed by atoms with E-state index in [1.54, 1.807) is 11.8 Å². The van der Waals surface area contributed by atoms with Gasteiger partial charge in [0.25, 0.3) is 0 Å². The Morgan fingerprint density at radius 1 is 1.38 bits per heavy atom. The maximum Gasteiger partial charge on any atom is 0.316 e. The number of carbonyl (C=O) groups is 4. The fourth-order valence-electron chi connectivity index (χ4n) is 2.93. The van der Waals surface area contributed by atoms with Gasteiger partial charge in [0.15, 0.2) is 11.6 Å². The van der Waals surface area contributed by atoms with Gasteiger partial charge in [0.1, 0.15) is 17.6 Å². The van der Waals surface area contributed by atoms with Crippen LogP contribution in [0.4, 0.5) is 0 Å². The summed E-state index contributed by atoms with van der Waals surface area (Å²) >= 11 is 1.71. The van der Waals surface area contributed by atoms with Crippen LogP contribution < -0.4 is 0 Å². The summed E-state index contributed by atoms with van der Waals surface area (Å²) < 4.78 is 4.71.